The highest BCUT2D eigenvalue weighted by Crippen LogP contribution is 2.42. The van der Waals surface area contributed by atoms with E-state index in [0.29, 0.717) is 16.3 Å². The molecule has 3 rings (SSSR count). The van der Waals surface area contributed by atoms with Gasteiger partial charge >= 0.3 is 6.29 Å². The number of anilines is 2. The van der Waals surface area contributed by atoms with Crippen LogP contribution in [0.4, 0.5) is 19.6 Å². The molecule has 1 aliphatic rings. The van der Waals surface area contributed by atoms with Crippen LogP contribution in [0.2, 0.25) is 0 Å². The average molecular weight is 313 g/mol. The summed E-state index contributed by atoms with van der Waals surface area (Å²) < 4.78 is 34.4. The number of alkyl halides is 2. The summed E-state index contributed by atoms with van der Waals surface area (Å²) in [5.74, 6) is -0.651. The number of hydrogen-bond donors (Lipinski definition) is 2. The van der Waals surface area contributed by atoms with E-state index in [1.807, 2.05) is 0 Å². The monoisotopic (exact) mass is 313 g/mol. The van der Waals surface area contributed by atoms with E-state index in [0.717, 1.165) is 11.3 Å². The van der Waals surface area contributed by atoms with Gasteiger partial charge < -0.3 is 20.5 Å². The lowest BCUT2D eigenvalue weighted by molar-refractivity contribution is -0.286. The first kappa shape index (κ1) is 13.6. The molecule has 1 aliphatic heterocycles. The Labute approximate surface area is 121 Å². The third-order valence-electron chi connectivity index (χ3n) is 2.68. The van der Waals surface area contributed by atoms with E-state index in [1.165, 1.54) is 18.2 Å². The molecule has 1 amide bonds. The van der Waals surface area contributed by atoms with Gasteiger partial charge in [0.25, 0.3) is 5.91 Å². The number of carbonyl (C=O) groups is 1. The first-order valence-corrected chi connectivity index (χ1v) is 6.60. The number of benzene rings is 1. The zero-order valence-electron chi connectivity index (χ0n) is 10.6. The predicted molar refractivity (Wildman–Crippen MR) is 71.9 cm³/mol. The zero-order valence-corrected chi connectivity index (χ0v) is 11.5. The molecule has 0 aliphatic carbocycles. The SMILES string of the molecule is Cc1nc(N)sc1C(=O)Nc1ccc2c(c1)OC(F)(F)O2. The van der Waals surface area contributed by atoms with Gasteiger partial charge in [-0.1, -0.05) is 11.3 Å². The number of thiazole rings is 1. The Balaban J connectivity index is 1.81. The van der Waals surface area contributed by atoms with Crippen molar-refractivity contribution < 1.29 is 23.0 Å². The predicted octanol–water partition coefficient (Wildman–Crippen LogP) is 2.61. The first-order chi connectivity index (χ1) is 9.84. The van der Waals surface area contributed by atoms with Crippen LogP contribution in [0.15, 0.2) is 18.2 Å². The van der Waals surface area contributed by atoms with Crippen molar-refractivity contribution in [3.8, 4) is 11.5 Å². The maximum Gasteiger partial charge on any atom is 0.586 e. The van der Waals surface area contributed by atoms with Crippen molar-refractivity contribution in [3.63, 3.8) is 0 Å². The Morgan fingerprint density at radius 3 is 2.76 bits per heavy atom. The summed E-state index contributed by atoms with van der Waals surface area (Å²) in [5.41, 5.74) is 6.32. The number of fused-ring (bicyclic) bond motifs is 1. The Morgan fingerprint density at radius 1 is 1.38 bits per heavy atom. The van der Waals surface area contributed by atoms with Crippen molar-refractivity contribution in [2.45, 2.75) is 13.2 Å². The van der Waals surface area contributed by atoms with Crippen LogP contribution in [0.25, 0.3) is 0 Å². The summed E-state index contributed by atoms with van der Waals surface area (Å²) >= 11 is 1.05. The van der Waals surface area contributed by atoms with Crippen molar-refractivity contribution in [3.05, 3.63) is 28.8 Å². The fraction of sp³-hybridized carbons (Fsp3) is 0.167. The molecular weight excluding hydrogens is 304 g/mol. The third kappa shape index (κ3) is 2.59. The summed E-state index contributed by atoms with van der Waals surface area (Å²) in [6.07, 6.45) is -3.69. The van der Waals surface area contributed by atoms with Crippen molar-refractivity contribution >= 4 is 28.1 Å². The second-order valence-corrected chi connectivity index (χ2v) is 5.28. The Morgan fingerprint density at radius 2 is 2.10 bits per heavy atom. The molecule has 0 saturated heterocycles. The second kappa shape index (κ2) is 4.55. The number of ether oxygens (including phenoxy) is 2. The number of nitrogens with zero attached hydrogens (tertiary/aromatic N) is 1. The van der Waals surface area contributed by atoms with E-state index < -0.39 is 12.2 Å². The van der Waals surface area contributed by atoms with Gasteiger partial charge in [0.2, 0.25) is 0 Å². The van der Waals surface area contributed by atoms with Gasteiger partial charge in [0.05, 0.1) is 5.69 Å². The summed E-state index contributed by atoms with van der Waals surface area (Å²) in [4.78, 5) is 16.4. The van der Waals surface area contributed by atoms with Crippen LogP contribution in [-0.2, 0) is 0 Å². The van der Waals surface area contributed by atoms with Gasteiger partial charge in [0, 0.05) is 11.8 Å². The number of nitrogen functional groups attached to an aromatic ring is 1. The highest BCUT2D eigenvalue weighted by atomic mass is 32.1. The molecule has 3 N–H and O–H groups in total. The van der Waals surface area contributed by atoms with Crippen molar-refractivity contribution in [1.29, 1.82) is 0 Å². The normalized spacial score (nSPS) is 15.0. The smallest absolute Gasteiger partial charge is 0.395 e. The average Bonchev–Trinajstić information content (AvgIpc) is 2.86. The molecule has 0 unspecified atom stereocenters. The highest BCUT2D eigenvalue weighted by Gasteiger charge is 2.43. The lowest BCUT2D eigenvalue weighted by Gasteiger charge is -2.05. The fourth-order valence-corrected chi connectivity index (χ4v) is 2.57. The van der Waals surface area contributed by atoms with Gasteiger partial charge in [0.1, 0.15) is 4.88 Å². The molecule has 1 aromatic carbocycles. The number of aromatic nitrogens is 1. The number of halogens is 2. The minimum Gasteiger partial charge on any atom is -0.395 e. The van der Waals surface area contributed by atoms with Gasteiger partial charge in [-0.2, -0.15) is 0 Å². The van der Waals surface area contributed by atoms with Crippen LogP contribution in [0.1, 0.15) is 15.4 Å². The van der Waals surface area contributed by atoms with Crippen LogP contribution in [0.5, 0.6) is 11.5 Å². The van der Waals surface area contributed by atoms with Crippen LogP contribution in [0.3, 0.4) is 0 Å². The maximum absolute atomic E-state index is 12.9. The van der Waals surface area contributed by atoms with Gasteiger partial charge in [-0.25, -0.2) is 4.98 Å². The van der Waals surface area contributed by atoms with Crippen LogP contribution < -0.4 is 20.5 Å². The van der Waals surface area contributed by atoms with E-state index in [2.05, 4.69) is 19.8 Å². The number of nitrogens with one attached hydrogen (secondary N) is 1. The molecule has 110 valence electrons. The Kier molecular flexibility index (Phi) is 2.94. The highest BCUT2D eigenvalue weighted by molar-refractivity contribution is 7.17. The molecule has 0 atom stereocenters. The molecule has 0 spiro atoms. The topological polar surface area (TPSA) is 86.5 Å². The van der Waals surface area contributed by atoms with Crippen LogP contribution in [-0.4, -0.2) is 17.2 Å². The number of rotatable bonds is 2. The lowest BCUT2D eigenvalue weighted by Crippen LogP contribution is -2.25. The molecule has 1 aromatic heterocycles. The molecule has 6 nitrogen and oxygen atoms in total. The lowest BCUT2D eigenvalue weighted by atomic mass is 10.2. The van der Waals surface area contributed by atoms with Gasteiger partial charge in [-0.05, 0) is 19.1 Å². The zero-order chi connectivity index (χ0) is 15.2. The van der Waals surface area contributed by atoms with Crippen molar-refractivity contribution in [1.82, 2.24) is 4.98 Å². The molecule has 0 radical (unpaired) electrons. The molecule has 2 aromatic rings. The van der Waals surface area contributed by atoms with Crippen molar-refractivity contribution in [2.24, 2.45) is 0 Å². The third-order valence-corrected chi connectivity index (χ3v) is 3.66. The molecule has 9 heteroatoms. The summed E-state index contributed by atoms with van der Waals surface area (Å²) in [6, 6.07) is 3.98. The number of carbonyl (C=O) groups excluding carboxylic acids is 1. The van der Waals surface area contributed by atoms with Gasteiger partial charge in [-0.15, -0.1) is 8.78 Å². The Hall–Kier alpha value is -2.42. The largest absolute Gasteiger partial charge is 0.586 e. The first-order valence-electron chi connectivity index (χ1n) is 5.78. The number of nitrogens with two attached hydrogens (primary N) is 1. The number of hydrogen-bond acceptors (Lipinski definition) is 6. The van der Waals surface area contributed by atoms with Gasteiger partial charge in [-0.3, -0.25) is 4.79 Å². The van der Waals surface area contributed by atoms with Crippen molar-refractivity contribution in [2.75, 3.05) is 11.1 Å². The van der Waals surface area contributed by atoms with E-state index in [4.69, 9.17) is 5.73 Å². The van der Waals surface area contributed by atoms with E-state index in [9.17, 15) is 13.6 Å². The molecule has 21 heavy (non-hydrogen) atoms. The molecule has 0 saturated carbocycles. The summed E-state index contributed by atoms with van der Waals surface area (Å²) in [5, 5.41) is 2.85. The molecular formula is C12H9F2N3O3S. The molecule has 0 fully saturated rings. The van der Waals surface area contributed by atoms with Crippen LogP contribution >= 0.6 is 11.3 Å². The molecule has 2 heterocycles. The molecule has 0 bridgehead atoms. The standard InChI is InChI=1S/C12H9F2N3O3S/c1-5-9(21-11(15)16-5)10(18)17-6-2-3-7-8(4-6)20-12(13,14)19-7/h2-4H,1H3,(H2,15,16)(H,17,18). The number of aryl methyl sites for hydroxylation is 1. The minimum atomic E-state index is -3.69. The maximum atomic E-state index is 12.9. The summed E-state index contributed by atoms with van der Waals surface area (Å²) in [7, 11) is 0. The Bertz CT molecular complexity index is 733. The van der Waals surface area contributed by atoms with Crippen LogP contribution in [0, 0.1) is 6.92 Å². The quantitative estimate of drug-likeness (QED) is 0.890. The van der Waals surface area contributed by atoms with Gasteiger partial charge in [0.15, 0.2) is 16.6 Å². The fourth-order valence-electron chi connectivity index (χ4n) is 1.84. The van der Waals surface area contributed by atoms with E-state index >= 15 is 0 Å². The second-order valence-electron chi connectivity index (χ2n) is 4.25. The summed E-state index contributed by atoms with van der Waals surface area (Å²) in [6.45, 7) is 1.65. The van der Waals surface area contributed by atoms with E-state index in [-0.39, 0.29) is 16.6 Å². The van der Waals surface area contributed by atoms with E-state index in [1.54, 1.807) is 6.92 Å². The minimum absolute atomic E-state index is 0.0868. The number of amides is 1.